The lowest BCUT2D eigenvalue weighted by Crippen LogP contribution is -2.10. The lowest BCUT2D eigenvalue weighted by Gasteiger charge is -2.10. The average Bonchev–Trinajstić information content (AvgIpc) is 3.54. The van der Waals surface area contributed by atoms with Crippen LogP contribution in [0.3, 0.4) is 0 Å². The summed E-state index contributed by atoms with van der Waals surface area (Å²) in [5.74, 6) is -0.361. The Labute approximate surface area is 205 Å². The summed E-state index contributed by atoms with van der Waals surface area (Å²) in [7, 11) is 2.57. The van der Waals surface area contributed by atoms with Gasteiger partial charge in [-0.2, -0.15) is 0 Å². The zero-order valence-corrected chi connectivity index (χ0v) is 21.2. The van der Waals surface area contributed by atoms with E-state index in [0.717, 1.165) is 18.2 Å². The molecule has 1 N–H and O–H groups in total. The Morgan fingerprint density at radius 3 is 2.00 bits per heavy atom. The van der Waals surface area contributed by atoms with Crippen LogP contribution in [0, 0.1) is 5.92 Å². The van der Waals surface area contributed by atoms with Crippen LogP contribution >= 0.6 is 66.7 Å². The highest BCUT2D eigenvalue weighted by molar-refractivity contribution is 9.11. The maximum atomic E-state index is 11.5. The second-order valence-corrected chi connectivity index (χ2v) is 8.82. The van der Waals surface area contributed by atoms with Crippen molar-refractivity contribution >= 4 is 84.3 Å². The van der Waals surface area contributed by atoms with Gasteiger partial charge in [-0.1, -0.05) is 34.8 Å². The molecule has 0 spiro atoms. The zero-order chi connectivity index (χ0) is 22.4. The Hall–Kier alpha value is -1.13. The van der Waals surface area contributed by atoms with Gasteiger partial charge in [0, 0.05) is 6.54 Å². The van der Waals surface area contributed by atoms with Crippen LogP contribution in [-0.4, -0.2) is 42.7 Å². The van der Waals surface area contributed by atoms with Gasteiger partial charge in [-0.3, -0.25) is 0 Å². The molecule has 0 radical (unpaired) electrons. The molecule has 1 aliphatic rings. The van der Waals surface area contributed by atoms with Gasteiger partial charge in [-0.25, -0.2) is 19.6 Å². The van der Waals surface area contributed by atoms with Crippen LogP contribution < -0.4 is 5.32 Å². The number of methoxy groups -OCH3 is 2. The highest BCUT2D eigenvalue weighted by atomic mass is 79.9. The van der Waals surface area contributed by atoms with E-state index in [2.05, 4.69) is 56.6 Å². The SMILES string of the molecule is COC(=O)c1nc(Cl)cc(Cl)c1Br.COC(=O)c1nc(Cl)cc(NCC2CC2)c1Br. The summed E-state index contributed by atoms with van der Waals surface area (Å²) in [6.45, 7) is 0.888. The number of nitrogens with zero attached hydrogens (tertiary/aromatic N) is 2. The van der Waals surface area contributed by atoms with E-state index in [1.165, 1.54) is 33.1 Å². The number of halogens is 5. The van der Waals surface area contributed by atoms with E-state index in [0.29, 0.717) is 14.0 Å². The molecule has 0 atom stereocenters. The van der Waals surface area contributed by atoms with Crippen molar-refractivity contribution in [1.82, 2.24) is 9.97 Å². The van der Waals surface area contributed by atoms with E-state index in [-0.39, 0.29) is 21.7 Å². The Kier molecular flexibility index (Phi) is 9.62. The van der Waals surface area contributed by atoms with E-state index in [4.69, 9.17) is 34.8 Å². The van der Waals surface area contributed by atoms with Crippen molar-refractivity contribution in [2.45, 2.75) is 12.8 Å². The van der Waals surface area contributed by atoms with Crippen LogP contribution in [0.4, 0.5) is 5.69 Å². The molecule has 30 heavy (non-hydrogen) atoms. The molecule has 1 saturated carbocycles. The minimum atomic E-state index is -0.587. The molecule has 3 rings (SSSR count). The van der Waals surface area contributed by atoms with Crippen molar-refractivity contribution < 1.29 is 19.1 Å². The maximum absolute atomic E-state index is 11.5. The summed E-state index contributed by atoms with van der Waals surface area (Å²) in [4.78, 5) is 30.3. The number of esters is 2. The van der Waals surface area contributed by atoms with Crippen LogP contribution in [0.1, 0.15) is 33.8 Å². The van der Waals surface area contributed by atoms with Crippen molar-refractivity contribution in [2.75, 3.05) is 26.1 Å². The van der Waals surface area contributed by atoms with Gasteiger partial charge >= 0.3 is 11.9 Å². The molecular weight excluding hydrogens is 588 g/mol. The number of carbonyl (C=O) groups is 2. The van der Waals surface area contributed by atoms with Crippen LogP contribution in [0.2, 0.25) is 15.3 Å². The predicted molar refractivity (Wildman–Crippen MR) is 123 cm³/mol. The molecule has 2 heterocycles. The van der Waals surface area contributed by atoms with Gasteiger partial charge in [0.1, 0.15) is 10.3 Å². The normalized spacial score (nSPS) is 12.5. The summed E-state index contributed by atoms with van der Waals surface area (Å²) in [6, 6.07) is 3.13. The molecule has 0 aromatic carbocycles. The fourth-order valence-electron chi connectivity index (χ4n) is 2.14. The molecule has 2 aromatic rings. The van der Waals surface area contributed by atoms with E-state index in [1.54, 1.807) is 6.07 Å². The molecule has 7 nitrogen and oxygen atoms in total. The Morgan fingerprint density at radius 1 is 1.00 bits per heavy atom. The van der Waals surface area contributed by atoms with Crippen LogP contribution in [0.15, 0.2) is 21.1 Å². The van der Waals surface area contributed by atoms with Gasteiger partial charge in [0.25, 0.3) is 0 Å². The second-order valence-electron chi connectivity index (χ2n) is 6.05. The highest BCUT2D eigenvalue weighted by Gasteiger charge is 2.22. The summed E-state index contributed by atoms with van der Waals surface area (Å²) in [5, 5.41) is 3.99. The van der Waals surface area contributed by atoms with Gasteiger partial charge in [0.2, 0.25) is 0 Å². The van der Waals surface area contributed by atoms with Crippen molar-refractivity contribution in [3.05, 3.63) is 47.8 Å². The van der Waals surface area contributed by atoms with Gasteiger partial charge in [-0.15, -0.1) is 0 Å². The summed E-state index contributed by atoms with van der Waals surface area (Å²) in [6.07, 6.45) is 2.51. The van der Waals surface area contributed by atoms with Gasteiger partial charge in [0.15, 0.2) is 11.4 Å². The molecule has 1 aliphatic carbocycles. The van der Waals surface area contributed by atoms with E-state index < -0.39 is 11.9 Å². The van der Waals surface area contributed by atoms with Gasteiger partial charge in [0.05, 0.1) is 33.9 Å². The quantitative estimate of drug-likeness (QED) is 0.329. The first kappa shape index (κ1) is 25.1. The standard InChI is InChI=1S/C11H12BrClN2O2.C7H4BrCl2NO2/c1-17-11(16)10-9(12)7(4-8(13)15-10)14-5-6-2-3-6;1-13-7(12)6-5(8)3(9)2-4(10)11-6/h4,6H,2-3,5H2,1H3,(H,14,15);2H,1H3. The lowest BCUT2D eigenvalue weighted by atomic mass is 10.3. The van der Waals surface area contributed by atoms with E-state index >= 15 is 0 Å². The number of pyridine rings is 2. The van der Waals surface area contributed by atoms with Crippen molar-refractivity contribution in [3.63, 3.8) is 0 Å². The first-order valence-corrected chi connectivity index (χ1v) is 11.2. The predicted octanol–water partition coefficient (Wildman–Crippen LogP) is 6.04. The first-order valence-electron chi connectivity index (χ1n) is 8.46. The summed E-state index contributed by atoms with van der Waals surface area (Å²) in [5.41, 5.74) is 1.04. The monoisotopic (exact) mass is 601 g/mol. The average molecular weight is 605 g/mol. The Balaban J connectivity index is 0.000000222. The smallest absolute Gasteiger partial charge is 0.357 e. The molecule has 0 aliphatic heterocycles. The number of hydrogen-bond acceptors (Lipinski definition) is 7. The largest absolute Gasteiger partial charge is 0.464 e. The molecule has 0 saturated heterocycles. The molecule has 2 aromatic heterocycles. The fourth-order valence-corrected chi connectivity index (χ4v) is 3.64. The topological polar surface area (TPSA) is 90.4 Å². The van der Waals surface area contributed by atoms with Gasteiger partial charge < -0.3 is 14.8 Å². The van der Waals surface area contributed by atoms with Crippen molar-refractivity contribution in [1.29, 1.82) is 0 Å². The minimum Gasteiger partial charge on any atom is -0.464 e. The number of anilines is 1. The number of ether oxygens (including phenoxy) is 2. The minimum absolute atomic E-state index is 0.0694. The molecule has 0 bridgehead atoms. The van der Waals surface area contributed by atoms with E-state index in [1.807, 2.05) is 0 Å². The molecule has 0 unspecified atom stereocenters. The molecule has 162 valence electrons. The molecule has 12 heteroatoms. The molecule has 1 fully saturated rings. The van der Waals surface area contributed by atoms with Gasteiger partial charge in [-0.05, 0) is 62.8 Å². The number of nitrogens with one attached hydrogen (secondary N) is 1. The lowest BCUT2D eigenvalue weighted by molar-refractivity contribution is 0.0584. The first-order chi connectivity index (χ1) is 14.2. The Bertz CT molecular complexity index is 959. The van der Waals surface area contributed by atoms with Crippen molar-refractivity contribution in [3.8, 4) is 0 Å². The third-order valence-electron chi connectivity index (χ3n) is 3.84. The number of carbonyl (C=O) groups excluding carboxylic acids is 2. The second kappa shape index (κ2) is 11.5. The van der Waals surface area contributed by atoms with Crippen LogP contribution in [0.25, 0.3) is 0 Å². The highest BCUT2D eigenvalue weighted by Crippen LogP contribution is 2.32. The summed E-state index contributed by atoms with van der Waals surface area (Å²) >= 11 is 23.7. The number of hydrogen-bond donors (Lipinski definition) is 1. The van der Waals surface area contributed by atoms with E-state index in [9.17, 15) is 9.59 Å². The van der Waals surface area contributed by atoms with Crippen molar-refractivity contribution in [2.24, 2.45) is 5.92 Å². The Morgan fingerprint density at radius 2 is 1.50 bits per heavy atom. The summed E-state index contributed by atoms with van der Waals surface area (Å²) < 4.78 is 10.1. The molecule has 0 amide bonds. The van der Waals surface area contributed by atoms with Crippen LogP contribution in [0.5, 0.6) is 0 Å². The fraction of sp³-hybridized carbons (Fsp3) is 0.333. The molecular formula is C18H16Br2Cl3N3O4. The number of aromatic nitrogens is 2. The number of rotatable bonds is 5. The maximum Gasteiger partial charge on any atom is 0.357 e. The van der Waals surface area contributed by atoms with Crippen LogP contribution in [-0.2, 0) is 9.47 Å². The zero-order valence-electron chi connectivity index (χ0n) is 15.8. The third-order valence-corrected chi connectivity index (χ3v) is 6.36. The third kappa shape index (κ3) is 6.95.